The predicted octanol–water partition coefficient (Wildman–Crippen LogP) is 2.56. The number of rotatable bonds is 5. The van der Waals surface area contributed by atoms with Crippen molar-refractivity contribution in [3.8, 4) is 0 Å². The molecule has 0 unspecified atom stereocenters. The Morgan fingerprint density at radius 1 is 1.47 bits per heavy atom. The maximum atomic E-state index is 13.3. The van der Waals surface area contributed by atoms with Crippen molar-refractivity contribution in [2.24, 2.45) is 0 Å². The fraction of sp³-hybridized carbons (Fsp3) is 0.727. The Hall–Kier alpha value is -0.120. The quantitative estimate of drug-likeness (QED) is 0.784. The molecule has 0 atom stereocenters. The van der Waals surface area contributed by atoms with Crippen molar-refractivity contribution in [1.82, 2.24) is 9.78 Å². The molecule has 0 aliphatic heterocycles. The highest BCUT2D eigenvalue weighted by Crippen LogP contribution is 2.69. The number of ether oxygens (including phenoxy) is 1. The monoisotopic (exact) mass is 318 g/mol. The van der Waals surface area contributed by atoms with E-state index >= 15 is 0 Å². The van der Waals surface area contributed by atoms with E-state index in [-0.39, 0.29) is 0 Å². The standard InChI is InChI=1S/C11H16BrN2O2P/c1-16-7-14-11(6-10(12)13-14)17(15,8-2-3-8)9-4-5-9/h6,8-9H,2-5,7H2,1H3. The van der Waals surface area contributed by atoms with E-state index in [0.717, 1.165) is 35.7 Å². The molecule has 94 valence electrons. The van der Waals surface area contributed by atoms with E-state index in [4.69, 9.17) is 4.74 Å². The van der Waals surface area contributed by atoms with E-state index in [2.05, 4.69) is 21.0 Å². The van der Waals surface area contributed by atoms with Crippen LogP contribution in [0.5, 0.6) is 0 Å². The predicted molar refractivity (Wildman–Crippen MR) is 70.2 cm³/mol. The third-order valence-electron chi connectivity index (χ3n) is 3.52. The van der Waals surface area contributed by atoms with Crippen LogP contribution in [-0.2, 0) is 16.0 Å². The summed E-state index contributed by atoms with van der Waals surface area (Å²) in [5.41, 5.74) is 1.74. The highest BCUT2D eigenvalue weighted by Gasteiger charge is 2.53. The van der Waals surface area contributed by atoms with Crippen LogP contribution in [0, 0.1) is 0 Å². The normalized spacial score (nSPS) is 20.8. The topological polar surface area (TPSA) is 44.1 Å². The number of aromatic nitrogens is 2. The molecule has 0 aromatic carbocycles. The Morgan fingerprint density at radius 3 is 2.53 bits per heavy atom. The van der Waals surface area contributed by atoms with Gasteiger partial charge >= 0.3 is 0 Å². The number of hydrogen-bond donors (Lipinski definition) is 0. The molecule has 4 nitrogen and oxygen atoms in total. The number of nitrogens with zero attached hydrogens (tertiary/aromatic N) is 2. The van der Waals surface area contributed by atoms with Gasteiger partial charge in [-0.2, -0.15) is 5.10 Å². The van der Waals surface area contributed by atoms with E-state index in [1.54, 1.807) is 11.8 Å². The molecule has 0 spiro atoms. The fourth-order valence-electron chi connectivity index (χ4n) is 2.46. The molecule has 1 heterocycles. The summed E-state index contributed by atoms with van der Waals surface area (Å²) in [5.74, 6) is 0. The van der Waals surface area contributed by atoms with Gasteiger partial charge in [0.1, 0.15) is 23.9 Å². The molecule has 6 heteroatoms. The van der Waals surface area contributed by atoms with Crippen LogP contribution in [0.3, 0.4) is 0 Å². The first-order valence-electron chi connectivity index (χ1n) is 5.98. The molecule has 0 amide bonds. The van der Waals surface area contributed by atoms with Gasteiger partial charge in [0.2, 0.25) is 0 Å². The number of halogens is 1. The minimum atomic E-state index is -2.25. The van der Waals surface area contributed by atoms with Crippen LogP contribution >= 0.6 is 23.1 Å². The maximum absolute atomic E-state index is 13.3. The molecule has 0 radical (unpaired) electrons. The summed E-state index contributed by atoms with van der Waals surface area (Å²) >= 11 is 3.38. The van der Waals surface area contributed by atoms with Crippen molar-refractivity contribution >= 4 is 28.5 Å². The zero-order chi connectivity index (χ0) is 12.0. The lowest BCUT2D eigenvalue weighted by atomic mass is 10.7. The Labute approximate surface area is 109 Å². The SMILES string of the molecule is COCn1nc(Br)cc1P(=O)(C1CC1)C1CC1. The van der Waals surface area contributed by atoms with E-state index < -0.39 is 7.14 Å². The smallest absolute Gasteiger partial charge is 0.139 e. The maximum Gasteiger partial charge on any atom is 0.139 e. The Balaban J connectivity index is 2.03. The van der Waals surface area contributed by atoms with E-state index in [1.807, 2.05) is 6.07 Å². The van der Waals surface area contributed by atoms with E-state index in [9.17, 15) is 4.57 Å². The van der Waals surface area contributed by atoms with Gasteiger partial charge in [0.15, 0.2) is 0 Å². The Bertz CT molecular complexity index is 464. The second-order valence-electron chi connectivity index (χ2n) is 4.91. The van der Waals surface area contributed by atoms with Gasteiger partial charge in [0.25, 0.3) is 0 Å². The van der Waals surface area contributed by atoms with Gasteiger partial charge in [-0.15, -0.1) is 0 Å². The zero-order valence-corrected chi connectivity index (χ0v) is 12.3. The molecule has 2 aliphatic rings. The highest BCUT2D eigenvalue weighted by atomic mass is 79.9. The first kappa shape index (κ1) is 11.9. The molecule has 2 aliphatic carbocycles. The zero-order valence-electron chi connectivity index (χ0n) is 9.80. The third-order valence-corrected chi connectivity index (χ3v) is 8.18. The summed E-state index contributed by atoms with van der Waals surface area (Å²) in [7, 11) is -0.612. The summed E-state index contributed by atoms with van der Waals surface area (Å²) in [4.78, 5) is 0. The van der Waals surface area contributed by atoms with Crippen molar-refractivity contribution in [1.29, 1.82) is 0 Å². The van der Waals surface area contributed by atoms with Gasteiger partial charge in [-0.25, -0.2) is 4.68 Å². The molecule has 1 aromatic rings. The molecule has 0 N–H and O–H groups in total. The first-order chi connectivity index (χ1) is 8.16. The molecule has 2 saturated carbocycles. The van der Waals surface area contributed by atoms with Gasteiger partial charge < -0.3 is 9.30 Å². The third kappa shape index (κ3) is 2.02. The van der Waals surface area contributed by atoms with Gasteiger partial charge in [-0.1, -0.05) is 0 Å². The molecule has 2 fully saturated rings. The molecule has 1 aromatic heterocycles. The van der Waals surface area contributed by atoms with E-state index in [1.165, 1.54) is 0 Å². The van der Waals surface area contributed by atoms with Gasteiger partial charge in [0.05, 0.1) is 0 Å². The molecule has 0 bridgehead atoms. The van der Waals surface area contributed by atoms with Crippen LogP contribution in [0.1, 0.15) is 25.7 Å². The number of methoxy groups -OCH3 is 1. The summed E-state index contributed by atoms with van der Waals surface area (Å²) in [6, 6.07) is 1.93. The average molecular weight is 319 g/mol. The lowest BCUT2D eigenvalue weighted by molar-refractivity contribution is 0.123. The minimum absolute atomic E-state index is 0.379. The summed E-state index contributed by atoms with van der Waals surface area (Å²) in [6.45, 7) is 0.379. The first-order valence-corrected chi connectivity index (χ1v) is 8.62. The second-order valence-corrected chi connectivity index (χ2v) is 9.06. The number of hydrogen-bond acceptors (Lipinski definition) is 3. The lowest BCUT2D eigenvalue weighted by Crippen LogP contribution is -2.23. The van der Waals surface area contributed by atoms with Crippen LogP contribution < -0.4 is 5.44 Å². The fourth-order valence-corrected chi connectivity index (χ4v) is 7.01. The van der Waals surface area contributed by atoms with Crippen molar-refractivity contribution in [3.05, 3.63) is 10.7 Å². The van der Waals surface area contributed by atoms with Crippen molar-refractivity contribution in [2.75, 3.05) is 7.11 Å². The van der Waals surface area contributed by atoms with Crippen LogP contribution in [0.4, 0.5) is 0 Å². The molecule has 17 heavy (non-hydrogen) atoms. The van der Waals surface area contributed by atoms with Crippen LogP contribution in [0.15, 0.2) is 10.7 Å². The van der Waals surface area contributed by atoms with Crippen LogP contribution in [-0.4, -0.2) is 28.2 Å². The van der Waals surface area contributed by atoms with Crippen LogP contribution in [0.2, 0.25) is 0 Å². The molecular weight excluding hydrogens is 303 g/mol. The lowest BCUT2D eigenvalue weighted by Gasteiger charge is -2.18. The van der Waals surface area contributed by atoms with Crippen LogP contribution in [0.25, 0.3) is 0 Å². The summed E-state index contributed by atoms with van der Waals surface area (Å²) < 4.78 is 21.0. The average Bonchev–Trinajstić information content (AvgIpc) is 3.15. The largest absolute Gasteiger partial charge is 0.362 e. The van der Waals surface area contributed by atoms with Gasteiger partial charge in [-0.05, 0) is 41.6 Å². The van der Waals surface area contributed by atoms with Gasteiger partial charge in [0, 0.05) is 24.5 Å². The molecule has 0 saturated heterocycles. The van der Waals surface area contributed by atoms with Crippen molar-refractivity contribution in [2.45, 2.75) is 43.7 Å². The molecular formula is C11H16BrN2O2P. The van der Waals surface area contributed by atoms with E-state index in [0.29, 0.717) is 18.0 Å². The van der Waals surface area contributed by atoms with Gasteiger partial charge in [-0.3, -0.25) is 0 Å². The van der Waals surface area contributed by atoms with Crippen molar-refractivity contribution < 1.29 is 9.30 Å². The Morgan fingerprint density at radius 2 is 2.06 bits per heavy atom. The second kappa shape index (κ2) is 4.22. The Kier molecular flexibility index (Phi) is 2.96. The summed E-state index contributed by atoms with van der Waals surface area (Å²) in [5, 5.41) is 4.32. The minimum Gasteiger partial charge on any atom is -0.362 e. The highest BCUT2D eigenvalue weighted by molar-refractivity contribution is 9.10. The molecule has 3 rings (SSSR count). The van der Waals surface area contributed by atoms with Crippen molar-refractivity contribution in [3.63, 3.8) is 0 Å². The summed E-state index contributed by atoms with van der Waals surface area (Å²) in [6.07, 6.45) is 4.46.